The van der Waals surface area contributed by atoms with Crippen LogP contribution in [0.2, 0.25) is 0 Å². The van der Waals surface area contributed by atoms with Crippen LogP contribution in [0.5, 0.6) is 0 Å². The molecule has 1 amide bonds. The first kappa shape index (κ1) is 19.1. The zero-order valence-electron chi connectivity index (χ0n) is 16.0. The van der Waals surface area contributed by atoms with Crippen LogP contribution >= 0.6 is 0 Å². The number of carbonyl (C=O) groups is 1. The van der Waals surface area contributed by atoms with Gasteiger partial charge in [0, 0.05) is 13.1 Å². The van der Waals surface area contributed by atoms with Crippen molar-refractivity contribution in [3.8, 4) is 0 Å². The van der Waals surface area contributed by atoms with Crippen LogP contribution in [0.4, 0.5) is 0 Å². The van der Waals surface area contributed by atoms with Crippen LogP contribution in [0, 0.1) is 5.92 Å². The van der Waals surface area contributed by atoms with Gasteiger partial charge in [-0.15, -0.1) is 0 Å². The number of piperidine rings is 1. The summed E-state index contributed by atoms with van der Waals surface area (Å²) >= 11 is 0. The number of carbonyl (C=O) groups excluding carboxylic acids is 1. The Morgan fingerprint density at radius 2 is 1.50 bits per heavy atom. The van der Waals surface area contributed by atoms with Gasteiger partial charge < -0.3 is 19.5 Å². The molecule has 0 aromatic heterocycles. The van der Waals surface area contributed by atoms with Gasteiger partial charge in [0.2, 0.25) is 0 Å². The summed E-state index contributed by atoms with van der Waals surface area (Å²) in [5.74, 6) is 0.0333. The minimum atomic E-state index is -1.07. The van der Waals surface area contributed by atoms with E-state index in [-0.39, 0.29) is 11.8 Å². The molecule has 0 aliphatic carbocycles. The van der Waals surface area contributed by atoms with E-state index in [9.17, 15) is 9.90 Å². The van der Waals surface area contributed by atoms with Crippen LogP contribution in [-0.4, -0.2) is 54.9 Å². The van der Waals surface area contributed by atoms with E-state index in [0.717, 1.165) is 24.0 Å². The van der Waals surface area contributed by atoms with Crippen LogP contribution < -0.4 is 0 Å². The van der Waals surface area contributed by atoms with Crippen LogP contribution in [0.1, 0.15) is 24.0 Å². The molecular formula is C23H27NO4. The molecule has 0 bridgehead atoms. The lowest BCUT2D eigenvalue weighted by molar-refractivity contribution is -0.160. The second-order valence-corrected chi connectivity index (χ2v) is 7.53. The summed E-state index contributed by atoms with van der Waals surface area (Å²) in [6.07, 6.45) is 0.978. The Labute approximate surface area is 165 Å². The summed E-state index contributed by atoms with van der Waals surface area (Å²) in [5, 5.41) is 11.9. The molecule has 4 rings (SSSR count). The van der Waals surface area contributed by atoms with E-state index in [0.29, 0.717) is 32.9 Å². The summed E-state index contributed by atoms with van der Waals surface area (Å²) in [6, 6.07) is 19.7. The highest BCUT2D eigenvalue weighted by atomic mass is 16.6. The third-order valence-electron chi connectivity index (χ3n) is 5.92. The first-order valence-electron chi connectivity index (χ1n) is 10.0. The first-order chi connectivity index (χ1) is 13.7. The van der Waals surface area contributed by atoms with E-state index in [4.69, 9.17) is 9.47 Å². The highest BCUT2D eigenvalue weighted by Crippen LogP contribution is 2.41. The number of ether oxygens (including phenoxy) is 2. The smallest absolute Gasteiger partial charge is 0.254 e. The van der Waals surface area contributed by atoms with E-state index in [1.54, 1.807) is 0 Å². The van der Waals surface area contributed by atoms with Crippen molar-refractivity contribution >= 4 is 5.91 Å². The fraction of sp³-hybridized carbons (Fsp3) is 0.435. The summed E-state index contributed by atoms with van der Waals surface area (Å²) in [5.41, 5.74) is 0.729. The SMILES string of the molecule is O=C(C1COCCO1)N1CCC(C(O)(c2ccccc2)c2ccccc2)CC1. The number of hydrogen-bond acceptors (Lipinski definition) is 4. The van der Waals surface area contributed by atoms with Crippen molar-refractivity contribution < 1.29 is 19.4 Å². The summed E-state index contributed by atoms with van der Waals surface area (Å²) < 4.78 is 10.9. The molecule has 28 heavy (non-hydrogen) atoms. The molecule has 2 aromatic carbocycles. The van der Waals surface area contributed by atoms with E-state index in [2.05, 4.69) is 0 Å². The molecule has 5 heteroatoms. The highest BCUT2D eigenvalue weighted by molar-refractivity contribution is 5.81. The van der Waals surface area contributed by atoms with Crippen molar-refractivity contribution in [2.24, 2.45) is 5.92 Å². The van der Waals surface area contributed by atoms with Gasteiger partial charge in [0.1, 0.15) is 5.60 Å². The van der Waals surface area contributed by atoms with Crippen molar-refractivity contribution in [3.05, 3.63) is 71.8 Å². The molecular weight excluding hydrogens is 354 g/mol. The number of nitrogens with zero attached hydrogens (tertiary/aromatic N) is 1. The topological polar surface area (TPSA) is 59.0 Å². The molecule has 2 saturated heterocycles. The quantitative estimate of drug-likeness (QED) is 0.884. The van der Waals surface area contributed by atoms with Gasteiger partial charge in [-0.25, -0.2) is 0 Å². The van der Waals surface area contributed by atoms with Crippen LogP contribution in [-0.2, 0) is 19.9 Å². The predicted molar refractivity (Wildman–Crippen MR) is 106 cm³/mol. The highest BCUT2D eigenvalue weighted by Gasteiger charge is 2.42. The van der Waals surface area contributed by atoms with Crippen molar-refractivity contribution in [3.63, 3.8) is 0 Å². The molecule has 5 nitrogen and oxygen atoms in total. The minimum absolute atomic E-state index is 0.00103. The van der Waals surface area contributed by atoms with Gasteiger partial charge in [-0.3, -0.25) is 4.79 Å². The molecule has 2 aliphatic heterocycles. The minimum Gasteiger partial charge on any atom is -0.380 e. The fourth-order valence-electron chi connectivity index (χ4n) is 4.37. The van der Waals surface area contributed by atoms with E-state index >= 15 is 0 Å². The average Bonchev–Trinajstić information content (AvgIpc) is 2.80. The molecule has 1 atom stereocenters. The molecule has 0 radical (unpaired) electrons. The average molecular weight is 381 g/mol. The Morgan fingerprint density at radius 3 is 2.00 bits per heavy atom. The molecule has 2 aromatic rings. The van der Waals surface area contributed by atoms with Crippen LogP contribution in [0.25, 0.3) is 0 Å². The Balaban J connectivity index is 1.52. The Kier molecular flexibility index (Phi) is 5.76. The Morgan fingerprint density at radius 1 is 0.929 bits per heavy atom. The first-order valence-corrected chi connectivity index (χ1v) is 10.0. The van der Waals surface area contributed by atoms with Gasteiger partial charge in [-0.1, -0.05) is 60.7 Å². The number of rotatable bonds is 4. The zero-order valence-corrected chi connectivity index (χ0v) is 16.0. The van der Waals surface area contributed by atoms with Crippen molar-refractivity contribution in [1.29, 1.82) is 0 Å². The van der Waals surface area contributed by atoms with E-state index in [1.165, 1.54) is 0 Å². The molecule has 0 saturated carbocycles. The lowest BCUT2D eigenvalue weighted by Gasteiger charge is -2.43. The second-order valence-electron chi connectivity index (χ2n) is 7.53. The van der Waals surface area contributed by atoms with Crippen molar-refractivity contribution in [2.75, 3.05) is 32.9 Å². The second kappa shape index (κ2) is 8.43. The van der Waals surface area contributed by atoms with Gasteiger partial charge in [-0.05, 0) is 29.9 Å². The maximum absolute atomic E-state index is 12.7. The third kappa shape index (κ3) is 3.70. The number of aliphatic hydroxyl groups is 1. The molecule has 2 aliphatic rings. The van der Waals surface area contributed by atoms with Gasteiger partial charge >= 0.3 is 0 Å². The molecule has 148 valence electrons. The van der Waals surface area contributed by atoms with Gasteiger partial charge in [-0.2, -0.15) is 0 Å². The standard InChI is InChI=1S/C23H27NO4/c25-22(21-17-27-15-16-28-21)24-13-11-20(12-14-24)23(26,18-7-3-1-4-8-18)19-9-5-2-6-10-19/h1-10,20-21,26H,11-17H2. The summed E-state index contributed by atoms with van der Waals surface area (Å²) in [7, 11) is 0. The summed E-state index contributed by atoms with van der Waals surface area (Å²) in [6.45, 7) is 2.58. The lowest BCUT2D eigenvalue weighted by atomic mass is 9.72. The van der Waals surface area contributed by atoms with E-state index in [1.807, 2.05) is 65.6 Å². The van der Waals surface area contributed by atoms with Gasteiger partial charge in [0.25, 0.3) is 5.91 Å². The summed E-state index contributed by atoms with van der Waals surface area (Å²) in [4.78, 5) is 14.6. The third-order valence-corrected chi connectivity index (χ3v) is 5.92. The maximum Gasteiger partial charge on any atom is 0.254 e. The van der Waals surface area contributed by atoms with E-state index < -0.39 is 11.7 Å². The monoisotopic (exact) mass is 381 g/mol. The lowest BCUT2D eigenvalue weighted by Crippen LogP contribution is -2.50. The molecule has 1 unspecified atom stereocenters. The molecule has 1 N–H and O–H groups in total. The largest absolute Gasteiger partial charge is 0.380 e. The Bertz CT molecular complexity index is 726. The molecule has 2 fully saturated rings. The fourth-order valence-corrected chi connectivity index (χ4v) is 4.37. The van der Waals surface area contributed by atoms with Crippen molar-refractivity contribution in [2.45, 2.75) is 24.5 Å². The number of amides is 1. The number of hydrogen-bond donors (Lipinski definition) is 1. The van der Waals surface area contributed by atoms with Crippen LogP contribution in [0.3, 0.4) is 0 Å². The number of likely N-dealkylation sites (tertiary alicyclic amines) is 1. The zero-order chi connectivity index (χ0) is 19.4. The maximum atomic E-state index is 12.7. The van der Waals surface area contributed by atoms with Crippen molar-refractivity contribution in [1.82, 2.24) is 4.90 Å². The molecule has 2 heterocycles. The molecule has 0 spiro atoms. The normalized spacial score (nSPS) is 21.5. The predicted octanol–water partition coefficient (Wildman–Crippen LogP) is 2.58. The number of benzene rings is 2. The van der Waals surface area contributed by atoms with Gasteiger partial charge in [0.15, 0.2) is 6.10 Å². The van der Waals surface area contributed by atoms with Crippen LogP contribution in [0.15, 0.2) is 60.7 Å². The van der Waals surface area contributed by atoms with Gasteiger partial charge in [0.05, 0.1) is 19.8 Å². The Hall–Kier alpha value is -2.21.